The van der Waals surface area contributed by atoms with E-state index in [0.717, 1.165) is 53.5 Å². The molecule has 1 unspecified atom stereocenters. The summed E-state index contributed by atoms with van der Waals surface area (Å²) in [5.41, 5.74) is 4.85. The maximum Gasteiger partial charge on any atom is 0.306 e. The number of benzene rings is 2. The molecule has 212 valence electrons. The minimum atomic E-state index is -0.196. The lowest BCUT2D eigenvalue weighted by Crippen LogP contribution is -2.22. The third-order valence-electron chi connectivity index (χ3n) is 6.93. The number of aldehydes is 1. The molecule has 1 atom stereocenters. The molecule has 1 amide bonds. The summed E-state index contributed by atoms with van der Waals surface area (Å²) in [6, 6.07) is 15.9. The van der Waals surface area contributed by atoms with Gasteiger partial charge in [0, 0.05) is 38.3 Å². The summed E-state index contributed by atoms with van der Waals surface area (Å²) in [6.07, 6.45) is 10.1. The van der Waals surface area contributed by atoms with Crippen molar-refractivity contribution < 1.29 is 23.9 Å². The number of unbranched alkanes of at least 4 members (excludes halogenated alkanes) is 3. The lowest BCUT2D eigenvalue weighted by Gasteiger charge is -2.16. The first-order valence-electron chi connectivity index (χ1n) is 14.3. The van der Waals surface area contributed by atoms with Crippen LogP contribution in [-0.4, -0.2) is 42.8 Å². The fourth-order valence-corrected chi connectivity index (χ4v) is 4.67. The van der Waals surface area contributed by atoms with E-state index in [9.17, 15) is 19.2 Å². The number of nitrogens with zero attached hydrogens (tertiary/aromatic N) is 1. The Hall–Kier alpha value is -3.87. The molecule has 7 heteroatoms. The molecule has 0 radical (unpaired) electrons. The van der Waals surface area contributed by atoms with Crippen molar-refractivity contribution in [2.24, 2.45) is 10.9 Å². The van der Waals surface area contributed by atoms with Gasteiger partial charge in [-0.1, -0.05) is 55.0 Å². The molecular weight excluding hydrogens is 504 g/mol. The van der Waals surface area contributed by atoms with Gasteiger partial charge in [0.2, 0.25) is 5.91 Å². The number of aliphatic imine (C=N–C) groups is 1. The smallest absolute Gasteiger partial charge is 0.306 e. The SMILES string of the molecule is CCOC(=O)CCc1cccc(CC2CCN=C(c3ccc(CNC(=O)CCCCCC=O)cc3)/C=C\C2=O)c1. The van der Waals surface area contributed by atoms with Crippen LogP contribution in [0.25, 0.3) is 0 Å². The number of ketones is 1. The number of aryl methyl sites for hydroxylation is 1. The zero-order valence-electron chi connectivity index (χ0n) is 23.4. The first-order valence-corrected chi connectivity index (χ1v) is 14.3. The summed E-state index contributed by atoms with van der Waals surface area (Å²) >= 11 is 0. The third-order valence-corrected chi connectivity index (χ3v) is 6.93. The highest BCUT2D eigenvalue weighted by Crippen LogP contribution is 2.19. The van der Waals surface area contributed by atoms with E-state index < -0.39 is 0 Å². The van der Waals surface area contributed by atoms with Gasteiger partial charge in [0.05, 0.1) is 12.3 Å². The maximum absolute atomic E-state index is 13.0. The minimum absolute atomic E-state index is 0.0129. The topological polar surface area (TPSA) is 102 Å². The molecule has 0 saturated carbocycles. The number of amides is 1. The van der Waals surface area contributed by atoms with Gasteiger partial charge in [0.15, 0.2) is 5.78 Å². The summed E-state index contributed by atoms with van der Waals surface area (Å²) in [5, 5.41) is 2.94. The Kier molecular flexibility index (Phi) is 13.0. The van der Waals surface area contributed by atoms with E-state index in [2.05, 4.69) is 11.4 Å². The molecule has 0 bridgehead atoms. The molecule has 1 N–H and O–H groups in total. The molecule has 40 heavy (non-hydrogen) atoms. The van der Waals surface area contributed by atoms with Gasteiger partial charge in [0.1, 0.15) is 6.29 Å². The number of hydrogen-bond acceptors (Lipinski definition) is 6. The highest BCUT2D eigenvalue weighted by Gasteiger charge is 2.19. The second-order valence-corrected chi connectivity index (χ2v) is 10.1. The highest BCUT2D eigenvalue weighted by atomic mass is 16.5. The number of esters is 1. The first-order chi connectivity index (χ1) is 19.5. The van der Waals surface area contributed by atoms with Crippen LogP contribution in [0.4, 0.5) is 0 Å². The minimum Gasteiger partial charge on any atom is -0.466 e. The van der Waals surface area contributed by atoms with E-state index in [0.29, 0.717) is 58.2 Å². The van der Waals surface area contributed by atoms with E-state index in [1.54, 1.807) is 19.1 Å². The Bertz CT molecular complexity index is 1200. The van der Waals surface area contributed by atoms with E-state index in [-0.39, 0.29) is 23.6 Å². The van der Waals surface area contributed by atoms with E-state index >= 15 is 0 Å². The van der Waals surface area contributed by atoms with E-state index in [1.165, 1.54) is 0 Å². The van der Waals surface area contributed by atoms with Crippen molar-refractivity contribution in [3.05, 3.63) is 82.9 Å². The van der Waals surface area contributed by atoms with Crippen molar-refractivity contribution >= 4 is 29.7 Å². The molecule has 7 nitrogen and oxygen atoms in total. The summed E-state index contributed by atoms with van der Waals surface area (Å²) in [5.74, 6) is -0.232. The van der Waals surface area contributed by atoms with Crippen molar-refractivity contribution in [1.29, 1.82) is 0 Å². The average Bonchev–Trinajstić information content (AvgIpc) is 2.95. The van der Waals surface area contributed by atoms with Crippen molar-refractivity contribution in [2.45, 2.75) is 71.3 Å². The number of rotatable bonds is 15. The van der Waals surface area contributed by atoms with Crippen LogP contribution in [-0.2, 0) is 43.3 Å². The molecule has 3 rings (SSSR count). The first kappa shape index (κ1) is 30.7. The molecule has 1 aliphatic rings. The predicted molar refractivity (Wildman–Crippen MR) is 156 cm³/mol. The average molecular weight is 545 g/mol. The third kappa shape index (κ3) is 10.7. The Morgan fingerprint density at radius 2 is 1.80 bits per heavy atom. The van der Waals surface area contributed by atoms with Crippen LogP contribution in [0.1, 0.15) is 74.1 Å². The zero-order valence-corrected chi connectivity index (χ0v) is 23.4. The van der Waals surface area contributed by atoms with Gasteiger partial charge in [-0.15, -0.1) is 0 Å². The Morgan fingerprint density at radius 1 is 1.00 bits per heavy atom. The summed E-state index contributed by atoms with van der Waals surface area (Å²) in [6.45, 7) is 3.21. The number of hydrogen-bond donors (Lipinski definition) is 1. The molecule has 0 fully saturated rings. The lowest BCUT2D eigenvalue weighted by atomic mass is 9.90. The molecule has 0 saturated heterocycles. The molecule has 2 aromatic carbocycles. The van der Waals surface area contributed by atoms with Gasteiger partial charge >= 0.3 is 5.97 Å². The van der Waals surface area contributed by atoms with Gasteiger partial charge in [0.25, 0.3) is 0 Å². The van der Waals surface area contributed by atoms with E-state index in [4.69, 9.17) is 9.73 Å². The number of allylic oxidation sites excluding steroid dienone is 2. The van der Waals surface area contributed by atoms with Gasteiger partial charge in [-0.05, 0) is 73.4 Å². The summed E-state index contributed by atoms with van der Waals surface area (Å²) < 4.78 is 5.02. The van der Waals surface area contributed by atoms with Crippen molar-refractivity contribution in [3.63, 3.8) is 0 Å². The van der Waals surface area contributed by atoms with Crippen molar-refractivity contribution in [1.82, 2.24) is 5.32 Å². The van der Waals surface area contributed by atoms with Crippen LogP contribution >= 0.6 is 0 Å². The normalized spacial score (nSPS) is 15.9. The van der Waals surface area contributed by atoms with Gasteiger partial charge < -0.3 is 14.8 Å². The largest absolute Gasteiger partial charge is 0.466 e. The Morgan fingerprint density at radius 3 is 2.58 bits per heavy atom. The van der Waals surface area contributed by atoms with Crippen LogP contribution in [0.3, 0.4) is 0 Å². The van der Waals surface area contributed by atoms with Crippen molar-refractivity contribution in [3.8, 4) is 0 Å². The predicted octanol–water partition coefficient (Wildman–Crippen LogP) is 5.12. The van der Waals surface area contributed by atoms with Crippen LogP contribution in [0.2, 0.25) is 0 Å². The summed E-state index contributed by atoms with van der Waals surface area (Å²) in [4.78, 5) is 51.8. The molecule has 0 spiro atoms. The second-order valence-electron chi connectivity index (χ2n) is 10.1. The van der Waals surface area contributed by atoms with Crippen LogP contribution < -0.4 is 5.32 Å². The van der Waals surface area contributed by atoms with Gasteiger partial charge in [-0.25, -0.2) is 0 Å². The molecule has 1 aliphatic heterocycles. The second kappa shape index (κ2) is 17.0. The van der Waals surface area contributed by atoms with Crippen LogP contribution in [0, 0.1) is 5.92 Å². The fraction of sp³-hybridized carbons (Fsp3) is 0.424. The van der Waals surface area contributed by atoms with Crippen LogP contribution in [0.5, 0.6) is 0 Å². The Balaban J connectivity index is 1.49. The molecule has 0 aliphatic carbocycles. The Labute approximate surface area is 237 Å². The molecular formula is C33H40N2O5. The van der Waals surface area contributed by atoms with E-state index in [1.807, 2.05) is 42.5 Å². The number of carbonyl (C=O) groups excluding carboxylic acids is 4. The molecule has 0 aromatic heterocycles. The number of carbonyl (C=O) groups is 4. The lowest BCUT2D eigenvalue weighted by molar-refractivity contribution is -0.143. The van der Waals surface area contributed by atoms with Gasteiger partial charge in [-0.2, -0.15) is 0 Å². The van der Waals surface area contributed by atoms with Gasteiger partial charge in [-0.3, -0.25) is 19.4 Å². The number of nitrogens with one attached hydrogen (secondary N) is 1. The standard InChI is InChI=1S/C33H40N2O5/c1-2-40-33(39)18-13-25-8-7-9-27(22-25)23-29-19-20-34-30(16-17-31(29)37)28-14-11-26(12-15-28)24-35-32(38)10-5-3-4-6-21-36/h7-9,11-12,14-17,21-22,29H,2-6,10,13,18-20,23-24H2,1H3,(H,35,38)/b17-16-,34-30?. The monoisotopic (exact) mass is 544 g/mol. The van der Waals surface area contributed by atoms with Crippen molar-refractivity contribution in [2.75, 3.05) is 13.2 Å². The van der Waals surface area contributed by atoms with Crippen LogP contribution in [0.15, 0.2) is 65.7 Å². The molecule has 1 heterocycles. The molecule has 2 aromatic rings. The highest BCUT2D eigenvalue weighted by molar-refractivity contribution is 6.12. The summed E-state index contributed by atoms with van der Waals surface area (Å²) in [7, 11) is 0. The maximum atomic E-state index is 13.0. The quantitative estimate of drug-likeness (QED) is 0.190. The zero-order chi connectivity index (χ0) is 28.6. The number of ether oxygens (including phenoxy) is 1. The fourth-order valence-electron chi connectivity index (χ4n) is 4.67.